The van der Waals surface area contributed by atoms with E-state index in [0.717, 1.165) is 10.8 Å². The Hall–Kier alpha value is -2.61. The fourth-order valence-electron chi connectivity index (χ4n) is 3.34. The number of rotatable bonds is 5. The van der Waals surface area contributed by atoms with E-state index in [1.54, 1.807) is 13.0 Å². The number of benzene rings is 2. The molecule has 0 saturated carbocycles. The molecule has 8 heteroatoms. The highest BCUT2D eigenvalue weighted by molar-refractivity contribution is 7.91. The number of sulfone groups is 1. The Labute approximate surface area is 157 Å². The molecule has 0 spiro atoms. The van der Waals surface area contributed by atoms with E-state index >= 15 is 0 Å². The van der Waals surface area contributed by atoms with Crippen molar-refractivity contribution in [2.75, 3.05) is 24.7 Å². The number of nitrogens with zero attached hydrogens (tertiary/aromatic N) is 1. The number of aromatic hydroxyl groups is 1. The van der Waals surface area contributed by atoms with Gasteiger partial charge in [-0.25, -0.2) is 13.2 Å². The number of carbonyl (C=O) groups is 2. The number of phenolic OH excluding ortho intramolecular Hbond substituents is 1. The molecule has 0 aliphatic carbocycles. The molecule has 1 heterocycles. The van der Waals surface area contributed by atoms with Crippen LogP contribution in [0.2, 0.25) is 0 Å². The Balaban J connectivity index is 1.68. The second-order valence-electron chi connectivity index (χ2n) is 6.53. The van der Waals surface area contributed by atoms with Crippen molar-refractivity contribution in [3.05, 3.63) is 42.0 Å². The van der Waals surface area contributed by atoms with Crippen LogP contribution in [0.3, 0.4) is 0 Å². The second-order valence-corrected chi connectivity index (χ2v) is 8.76. The quantitative estimate of drug-likeness (QED) is 0.779. The van der Waals surface area contributed by atoms with Gasteiger partial charge in [0.05, 0.1) is 11.5 Å². The van der Waals surface area contributed by atoms with Crippen molar-refractivity contribution in [2.45, 2.75) is 19.4 Å². The normalized spacial score (nSPS) is 18.3. The van der Waals surface area contributed by atoms with Gasteiger partial charge in [-0.1, -0.05) is 24.3 Å². The number of phenols is 1. The second kappa shape index (κ2) is 7.56. The number of likely N-dealkylation sites (N-methyl/N-ethyl adjacent to an activating group) is 1. The van der Waals surface area contributed by atoms with Crippen LogP contribution in [0.5, 0.6) is 5.75 Å². The highest BCUT2D eigenvalue weighted by atomic mass is 32.2. The maximum absolute atomic E-state index is 12.4. The lowest BCUT2D eigenvalue weighted by molar-refractivity contribution is -0.136. The van der Waals surface area contributed by atoms with Gasteiger partial charge in [0.15, 0.2) is 16.4 Å². The molecule has 1 saturated heterocycles. The van der Waals surface area contributed by atoms with Gasteiger partial charge in [0.25, 0.3) is 5.91 Å². The number of fused-ring (bicyclic) bond motifs is 1. The number of amides is 1. The monoisotopic (exact) mass is 391 g/mol. The molecule has 7 nitrogen and oxygen atoms in total. The molecule has 1 aliphatic rings. The van der Waals surface area contributed by atoms with Crippen LogP contribution in [0.4, 0.5) is 0 Å². The first-order valence-corrected chi connectivity index (χ1v) is 10.5. The number of hydrogen-bond acceptors (Lipinski definition) is 6. The number of esters is 1. The Kier molecular flexibility index (Phi) is 5.36. The first-order chi connectivity index (χ1) is 12.8. The van der Waals surface area contributed by atoms with Crippen molar-refractivity contribution in [2.24, 2.45) is 0 Å². The summed E-state index contributed by atoms with van der Waals surface area (Å²) in [6.45, 7) is 1.58. The summed E-state index contributed by atoms with van der Waals surface area (Å²) in [5, 5.41) is 11.6. The third-order valence-corrected chi connectivity index (χ3v) is 6.47. The van der Waals surface area contributed by atoms with Gasteiger partial charge in [0.2, 0.25) is 0 Å². The van der Waals surface area contributed by atoms with Crippen LogP contribution in [0.15, 0.2) is 36.4 Å². The molecule has 1 aliphatic heterocycles. The van der Waals surface area contributed by atoms with E-state index in [0.29, 0.717) is 13.0 Å². The molecule has 0 unspecified atom stereocenters. The van der Waals surface area contributed by atoms with Crippen LogP contribution in [-0.4, -0.2) is 61.0 Å². The molecule has 0 bridgehead atoms. The largest absolute Gasteiger partial charge is 0.507 e. The molecule has 3 rings (SSSR count). The summed E-state index contributed by atoms with van der Waals surface area (Å²) < 4.78 is 28.3. The third-order valence-electron chi connectivity index (χ3n) is 4.72. The molecule has 27 heavy (non-hydrogen) atoms. The van der Waals surface area contributed by atoms with E-state index < -0.39 is 28.3 Å². The average Bonchev–Trinajstić information content (AvgIpc) is 2.99. The van der Waals surface area contributed by atoms with Crippen molar-refractivity contribution in [1.82, 2.24) is 4.90 Å². The van der Waals surface area contributed by atoms with E-state index in [-0.39, 0.29) is 28.9 Å². The van der Waals surface area contributed by atoms with Gasteiger partial charge < -0.3 is 14.7 Å². The molecular weight excluding hydrogens is 370 g/mol. The maximum Gasteiger partial charge on any atom is 0.342 e. The van der Waals surface area contributed by atoms with E-state index in [1.165, 1.54) is 17.0 Å². The van der Waals surface area contributed by atoms with Crippen molar-refractivity contribution in [3.63, 3.8) is 0 Å². The van der Waals surface area contributed by atoms with Gasteiger partial charge in [0, 0.05) is 12.6 Å². The molecule has 1 fully saturated rings. The van der Waals surface area contributed by atoms with Gasteiger partial charge in [0.1, 0.15) is 11.3 Å². The van der Waals surface area contributed by atoms with Gasteiger partial charge >= 0.3 is 5.97 Å². The Morgan fingerprint density at radius 1 is 1.22 bits per heavy atom. The molecule has 2 aromatic rings. The lowest BCUT2D eigenvalue weighted by Gasteiger charge is -2.26. The van der Waals surface area contributed by atoms with E-state index in [9.17, 15) is 23.1 Å². The first-order valence-electron chi connectivity index (χ1n) is 8.69. The zero-order chi connectivity index (χ0) is 19.6. The highest BCUT2D eigenvalue weighted by Crippen LogP contribution is 2.25. The summed E-state index contributed by atoms with van der Waals surface area (Å²) in [5.74, 6) is -1.48. The molecular formula is C19H21NO6S. The van der Waals surface area contributed by atoms with Crippen LogP contribution >= 0.6 is 0 Å². The van der Waals surface area contributed by atoms with E-state index in [1.807, 2.05) is 18.2 Å². The summed E-state index contributed by atoms with van der Waals surface area (Å²) in [7, 11) is -3.12. The van der Waals surface area contributed by atoms with E-state index in [2.05, 4.69) is 0 Å². The first kappa shape index (κ1) is 19.2. The summed E-state index contributed by atoms with van der Waals surface area (Å²) in [6, 6.07) is 9.83. The topological polar surface area (TPSA) is 101 Å². The van der Waals surface area contributed by atoms with Gasteiger partial charge in [-0.3, -0.25) is 4.79 Å². The predicted molar refractivity (Wildman–Crippen MR) is 100 cm³/mol. The standard InChI is InChI=1S/C19H21NO6S/c1-2-20(15-7-8-27(24,25)12-15)18(22)11-26-19(23)16-9-13-5-3-4-6-14(13)10-17(16)21/h3-6,9-10,15,21H,2,7-8,11-12H2,1H3/t15-/m1/s1. The minimum Gasteiger partial charge on any atom is -0.507 e. The maximum atomic E-state index is 12.4. The highest BCUT2D eigenvalue weighted by Gasteiger charge is 2.34. The Bertz CT molecular complexity index is 985. The molecule has 144 valence electrons. The number of carbonyl (C=O) groups excluding carboxylic acids is 2. The molecule has 0 radical (unpaired) electrons. The van der Waals surface area contributed by atoms with Gasteiger partial charge in [-0.05, 0) is 36.2 Å². The van der Waals surface area contributed by atoms with Crippen LogP contribution in [0.1, 0.15) is 23.7 Å². The minimum absolute atomic E-state index is 0.0204. The average molecular weight is 391 g/mol. The smallest absolute Gasteiger partial charge is 0.342 e. The van der Waals surface area contributed by atoms with Gasteiger partial charge in [-0.2, -0.15) is 0 Å². The summed E-state index contributed by atoms with van der Waals surface area (Å²) in [5.41, 5.74) is -0.0204. The van der Waals surface area contributed by atoms with Crippen LogP contribution in [-0.2, 0) is 19.4 Å². The lowest BCUT2D eigenvalue weighted by atomic mass is 10.1. The van der Waals surface area contributed by atoms with Crippen molar-refractivity contribution in [1.29, 1.82) is 0 Å². The fraction of sp³-hybridized carbons (Fsp3) is 0.368. The van der Waals surface area contributed by atoms with Crippen molar-refractivity contribution >= 4 is 32.5 Å². The van der Waals surface area contributed by atoms with Crippen LogP contribution in [0, 0.1) is 0 Å². The number of ether oxygens (including phenoxy) is 1. The van der Waals surface area contributed by atoms with Crippen molar-refractivity contribution in [3.8, 4) is 5.75 Å². The fourth-order valence-corrected chi connectivity index (χ4v) is 5.07. The van der Waals surface area contributed by atoms with Crippen LogP contribution in [0.25, 0.3) is 10.8 Å². The lowest BCUT2D eigenvalue weighted by Crippen LogP contribution is -2.43. The van der Waals surface area contributed by atoms with Crippen LogP contribution < -0.4 is 0 Å². The van der Waals surface area contributed by atoms with Crippen molar-refractivity contribution < 1.29 is 27.9 Å². The zero-order valence-corrected chi connectivity index (χ0v) is 15.7. The Morgan fingerprint density at radius 2 is 1.89 bits per heavy atom. The molecule has 1 atom stereocenters. The molecule has 1 amide bonds. The molecule has 2 aromatic carbocycles. The summed E-state index contributed by atoms with van der Waals surface area (Å²) in [6.07, 6.45) is 0.390. The minimum atomic E-state index is -3.12. The summed E-state index contributed by atoms with van der Waals surface area (Å²) >= 11 is 0. The molecule has 1 N–H and O–H groups in total. The predicted octanol–water partition coefficient (Wildman–Crippen LogP) is 1.74. The SMILES string of the molecule is CCN(C(=O)COC(=O)c1cc2ccccc2cc1O)[C@@H]1CCS(=O)(=O)C1. The zero-order valence-electron chi connectivity index (χ0n) is 14.9. The summed E-state index contributed by atoms with van der Waals surface area (Å²) in [4.78, 5) is 26.1. The van der Waals surface area contributed by atoms with Gasteiger partial charge in [-0.15, -0.1) is 0 Å². The van der Waals surface area contributed by atoms with E-state index in [4.69, 9.17) is 4.74 Å². The Morgan fingerprint density at radius 3 is 2.48 bits per heavy atom. The molecule has 0 aromatic heterocycles. The number of hydrogen-bond donors (Lipinski definition) is 1. The third kappa shape index (κ3) is 4.21.